The molecule has 0 saturated carbocycles. The van der Waals surface area contributed by atoms with Crippen molar-refractivity contribution in [3.8, 4) is 0 Å². The summed E-state index contributed by atoms with van der Waals surface area (Å²) in [6.45, 7) is 1.60. The molecule has 0 aromatic heterocycles. The van der Waals surface area contributed by atoms with E-state index in [2.05, 4.69) is 5.32 Å². The van der Waals surface area contributed by atoms with Gasteiger partial charge in [-0.05, 0) is 43.0 Å². The summed E-state index contributed by atoms with van der Waals surface area (Å²) in [5.74, 6) is -0.0484. The normalized spacial score (nSPS) is 13.9. The largest absolute Gasteiger partial charge is 0.377 e. The molecule has 1 fully saturated rings. The van der Waals surface area contributed by atoms with E-state index in [0.717, 1.165) is 37.2 Å². The molecular weight excluding hydrogens is 338 g/mol. The highest BCUT2D eigenvalue weighted by molar-refractivity contribution is 6.02. The van der Waals surface area contributed by atoms with Crippen LogP contribution in [0.5, 0.6) is 0 Å². The van der Waals surface area contributed by atoms with Gasteiger partial charge in [-0.3, -0.25) is 9.59 Å². The second kappa shape index (κ2) is 8.71. The van der Waals surface area contributed by atoms with Crippen molar-refractivity contribution in [2.24, 2.45) is 0 Å². The second-order valence-electron chi connectivity index (χ2n) is 7.19. The molecule has 5 nitrogen and oxygen atoms in total. The highest BCUT2D eigenvalue weighted by atomic mass is 16.2. The molecule has 1 saturated heterocycles. The zero-order valence-corrected chi connectivity index (χ0v) is 16.1. The third kappa shape index (κ3) is 4.88. The summed E-state index contributed by atoms with van der Waals surface area (Å²) in [7, 11) is 3.85. The Morgan fingerprint density at radius 3 is 2.37 bits per heavy atom. The molecule has 0 bridgehead atoms. The van der Waals surface area contributed by atoms with E-state index < -0.39 is 0 Å². The number of nitrogens with one attached hydrogen (secondary N) is 1. The first-order valence-corrected chi connectivity index (χ1v) is 9.49. The maximum Gasteiger partial charge on any atom is 0.256 e. The van der Waals surface area contributed by atoms with Crippen molar-refractivity contribution in [3.05, 3.63) is 59.7 Å². The summed E-state index contributed by atoms with van der Waals surface area (Å²) in [6.07, 6.45) is 3.60. The van der Waals surface area contributed by atoms with Crippen LogP contribution in [0.4, 0.5) is 11.4 Å². The van der Waals surface area contributed by atoms with Crippen LogP contribution in [0, 0.1) is 0 Å². The lowest BCUT2D eigenvalue weighted by molar-refractivity contribution is -0.115. The molecule has 1 heterocycles. The van der Waals surface area contributed by atoms with E-state index in [9.17, 15) is 9.59 Å². The minimum Gasteiger partial charge on any atom is -0.377 e. The number of piperidine rings is 1. The number of carbonyl (C=O) groups is 2. The van der Waals surface area contributed by atoms with Gasteiger partial charge in [-0.1, -0.05) is 30.3 Å². The topological polar surface area (TPSA) is 52.7 Å². The highest BCUT2D eigenvalue weighted by Crippen LogP contribution is 2.26. The third-order valence-corrected chi connectivity index (χ3v) is 4.84. The van der Waals surface area contributed by atoms with Crippen LogP contribution in [-0.4, -0.2) is 43.9 Å². The van der Waals surface area contributed by atoms with Crippen LogP contribution < -0.4 is 10.2 Å². The third-order valence-electron chi connectivity index (χ3n) is 4.84. The molecule has 27 heavy (non-hydrogen) atoms. The van der Waals surface area contributed by atoms with Crippen molar-refractivity contribution in [1.82, 2.24) is 4.90 Å². The summed E-state index contributed by atoms with van der Waals surface area (Å²) in [5.41, 5.74) is 3.12. The number of amides is 2. The SMILES string of the molecule is CN(C)c1ccc(NC(=O)Cc2ccccc2)cc1C(=O)N1CCCCC1. The van der Waals surface area contributed by atoms with E-state index in [1.165, 1.54) is 6.42 Å². The number of carbonyl (C=O) groups excluding carboxylic acids is 2. The lowest BCUT2D eigenvalue weighted by Gasteiger charge is -2.28. The average molecular weight is 365 g/mol. The smallest absolute Gasteiger partial charge is 0.256 e. The molecule has 1 N–H and O–H groups in total. The highest BCUT2D eigenvalue weighted by Gasteiger charge is 2.22. The number of likely N-dealkylation sites (tertiary alicyclic amines) is 1. The number of hydrogen-bond acceptors (Lipinski definition) is 3. The van der Waals surface area contributed by atoms with Crippen LogP contribution in [0.25, 0.3) is 0 Å². The zero-order chi connectivity index (χ0) is 19.2. The Bertz CT molecular complexity index is 796. The summed E-state index contributed by atoms with van der Waals surface area (Å²) in [5, 5.41) is 2.93. The van der Waals surface area contributed by atoms with Crippen molar-refractivity contribution < 1.29 is 9.59 Å². The van der Waals surface area contributed by atoms with Crippen LogP contribution in [0.3, 0.4) is 0 Å². The molecule has 2 aromatic rings. The maximum atomic E-state index is 13.0. The molecule has 0 aliphatic carbocycles. The predicted octanol–water partition coefficient (Wildman–Crippen LogP) is 3.56. The van der Waals surface area contributed by atoms with E-state index >= 15 is 0 Å². The zero-order valence-electron chi connectivity index (χ0n) is 16.1. The van der Waals surface area contributed by atoms with Crippen molar-refractivity contribution in [2.45, 2.75) is 25.7 Å². The van der Waals surface area contributed by atoms with E-state index in [1.807, 2.05) is 66.4 Å². The first kappa shape index (κ1) is 19.0. The minimum absolute atomic E-state index is 0.0394. The van der Waals surface area contributed by atoms with Crippen molar-refractivity contribution in [1.29, 1.82) is 0 Å². The number of rotatable bonds is 5. The number of hydrogen-bond donors (Lipinski definition) is 1. The van der Waals surface area contributed by atoms with Gasteiger partial charge in [0, 0.05) is 38.6 Å². The van der Waals surface area contributed by atoms with Crippen LogP contribution in [-0.2, 0) is 11.2 Å². The van der Waals surface area contributed by atoms with E-state index in [-0.39, 0.29) is 11.8 Å². The predicted molar refractivity (Wildman–Crippen MR) is 109 cm³/mol. The van der Waals surface area contributed by atoms with Gasteiger partial charge in [0.05, 0.1) is 12.0 Å². The fourth-order valence-electron chi connectivity index (χ4n) is 3.43. The molecule has 1 aliphatic heterocycles. The number of benzene rings is 2. The Hall–Kier alpha value is -2.82. The molecular formula is C22H27N3O2. The fourth-order valence-corrected chi connectivity index (χ4v) is 3.43. The van der Waals surface area contributed by atoms with E-state index in [0.29, 0.717) is 17.7 Å². The molecule has 1 aliphatic rings. The van der Waals surface area contributed by atoms with Crippen molar-refractivity contribution in [2.75, 3.05) is 37.4 Å². The van der Waals surface area contributed by atoms with Crippen molar-refractivity contribution in [3.63, 3.8) is 0 Å². The first-order chi connectivity index (χ1) is 13.0. The van der Waals surface area contributed by atoms with Crippen LogP contribution in [0.1, 0.15) is 35.2 Å². The minimum atomic E-state index is -0.0878. The molecule has 3 rings (SSSR count). The van der Waals surface area contributed by atoms with Gasteiger partial charge in [0.15, 0.2) is 0 Å². The Kier molecular flexibility index (Phi) is 6.12. The van der Waals surface area contributed by atoms with Gasteiger partial charge in [-0.25, -0.2) is 0 Å². The lowest BCUT2D eigenvalue weighted by Crippen LogP contribution is -2.36. The number of nitrogens with zero attached hydrogens (tertiary/aromatic N) is 2. The average Bonchev–Trinajstić information content (AvgIpc) is 2.68. The van der Waals surface area contributed by atoms with Crippen LogP contribution >= 0.6 is 0 Å². The number of anilines is 2. The molecule has 0 spiro atoms. The van der Waals surface area contributed by atoms with Crippen LogP contribution in [0.15, 0.2) is 48.5 Å². The Labute approximate surface area is 161 Å². The van der Waals surface area contributed by atoms with Gasteiger partial charge >= 0.3 is 0 Å². The lowest BCUT2D eigenvalue weighted by atomic mass is 10.1. The fraction of sp³-hybridized carbons (Fsp3) is 0.364. The van der Waals surface area contributed by atoms with Gasteiger partial charge in [0.1, 0.15) is 0 Å². The van der Waals surface area contributed by atoms with Gasteiger partial charge in [-0.15, -0.1) is 0 Å². The van der Waals surface area contributed by atoms with Crippen molar-refractivity contribution >= 4 is 23.2 Å². The standard InChI is InChI=1S/C22H27N3O2/c1-24(2)20-12-11-18(23-21(26)15-17-9-5-3-6-10-17)16-19(20)22(27)25-13-7-4-8-14-25/h3,5-6,9-12,16H,4,7-8,13-15H2,1-2H3,(H,23,26). The molecule has 2 amide bonds. The van der Waals surface area contributed by atoms with Gasteiger partial charge in [0.2, 0.25) is 5.91 Å². The second-order valence-corrected chi connectivity index (χ2v) is 7.19. The Balaban J connectivity index is 1.78. The molecule has 142 valence electrons. The molecule has 0 radical (unpaired) electrons. The Morgan fingerprint density at radius 1 is 1.00 bits per heavy atom. The summed E-state index contributed by atoms with van der Waals surface area (Å²) < 4.78 is 0. The van der Waals surface area contributed by atoms with Gasteiger partial charge in [0.25, 0.3) is 5.91 Å². The monoisotopic (exact) mass is 365 g/mol. The summed E-state index contributed by atoms with van der Waals surface area (Å²) in [6, 6.07) is 15.2. The van der Waals surface area contributed by atoms with Crippen LogP contribution in [0.2, 0.25) is 0 Å². The quantitative estimate of drug-likeness (QED) is 0.881. The molecule has 0 atom stereocenters. The Morgan fingerprint density at radius 2 is 1.70 bits per heavy atom. The molecule has 2 aromatic carbocycles. The first-order valence-electron chi connectivity index (χ1n) is 9.49. The molecule has 0 unspecified atom stereocenters. The van der Waals surface area contributed by atoms with Gasteiger partial charge < -0.3 is 15.1 Å². The summed E-state index contributed by atoms with van der Waals surface area (Å²) >= 11 is 0. The van der Waals surface area contributed by atoms with E-state index in [4.69, 9.17) is 0 Å². The molecule has 5 heteroatoms. The maximum absolute atomic E-state index is 13.0. The summed E-state index contributed by atoms with van der Waals surface area (Å²) in [4.78, 5) is 29.3. The van der Waals surface area contributed by atoms with Gasteiger partial charge in [-0.2, -0.15) is 0 Å². The van der Waals surface area contributed by atoms with E-state index in [1.54, 1.807) is 6.07 Å².